The summed E-state index contributed by atoms with van der Waals surface area (Å²) in [6, 6.07) is 19.4. The van der Waals surface area contributed by atoms with E-state index in [0.717, 1.165) is 5.56 Å². The average molecular weight is 508 g/mol. The van der Waals surface area contributed by atoms with Gasteiger partial charge in [-0.25, -0.2) is 8.42 Å². The van der Waals surface area contributed by atoms with Gasteiger partial charge in [-0.15, -0.1) is 0 Å². The first kappa shape index (κ1) is 22.6. The highest BCUT2D eigenvalue weighted by Crippen LogP contribution is 2.08. The number of halogens is 1. The summed E-state index contributed by atoms with van der Waals surface area (Å²) in [4.78, 5) is -0.178. The standard InChI is InChI=1S/C16H18I.C7H8O3S/c1-11-5-7-13(3)15(9-11)17-16-10-12(2)6-8-14(16)4;1-6-2-4-7(5-3-6)11(8,9)10/h5-10H,1-4H3;2-5H,1H3,(H,8,9,10)/q+1;/p-1. The molecule has 0 saturated carbocycles. The van der Waals surface area contributed by atoms with Crippen molar-refractivity contribution in [3.8, 4) is 0 Å². The van der Waals surface area contributed by atoms with E-state index in [9.17, 15) is 13.0 Å². The zero-order valence-electron chi connectivity index (χ0n) is 16.8. The van der Waals surface area contributed by atoms with Crippen LogP contribution in [0.25, 0.3) is 0 Å². The number of benzene rings is 3. The van der Waals surface area contributed by atoms with E-state index in [0.29, 0.717) is 0 Å². The molecule has 0 fully saturated rings. The van der Waals surface area contributed by atoms with Crippen LogP contribution < -0.4 is 21.2 Å². The van der Waals surface area contributed by atoms with Crippen LogP contribution >= 0.6 is 0 Å². The van der Waals surface area contributed by atoms with Crippen molar-refractivity contribution in [1.29, 1.82) is 0 Å². The first-order chi connectivity index (χ1) is 13.1. The third-order valence-electron chi connectivity index (χ3n) is 4.17. The maximum Gasteiger partial charge on any atom is 0.358 e. The summed E-state index contributed by atoms with van der Waals surface area (Å²) in [5, 5.41) is 0. The highest BCUT2D eigenvalue weighted by Gasteiger charge is 2.20. The van der Waals surface area contributed by atoms with Crippen LogP contribution in [0, 0.1) is 41.8 Å². The van der Waals surface area contributed by atoms with Gasteiger partial charge in [0.15, 0.2) is 7.14 Å². The molecule has 0 amide bonds. The van der Waals surface area contributed by atoms with Crippen molar-refractivity contribution in [1.82, 2.24) is 0 Å². The Hall–Kier alpha value is -1.70. The monoisotopic (exact) mass is 508 g/mol. The van der Waals surface area contributed by atoms with Crippen LogP contribution in [0.15, 0.2) is 65.6 Å². The lowest BCUT2D eigenvalue weighted by Gasteiger charge is -2.05. The van der Waals surface area contributed by atoms with Gasteiger partial charge in [0.1, 0.15) is 10.1 Å². The number of hydrogen-bond donors (Lipinski definition) is 0. The molecule has 0 aromatic heterocycles. The molecule has 3 aromatic rings. The van der Waals surface area contributed by atoms with Crippen LogP contribution in [0.5, 0.6) is 0 Å². The van der Waals surface area contributed by atoms with Crippen molar-refractivity contribution in [3.05, 3.63) is 95.6 Å². The Bertz CT molecular complexity index is 1010. The van der Waals surface area contributed by atoms with Crippen molar-refractivity contribution < 1.29 is 34.2 Å². The Kier molecular flexibility index (Phi) is 7.80. The maximum absolute atomic E-state index is 10.4. The molecule has 28 heavy (non-hydrogen) atoms. The van der Waals surface area contributed by atoms with Gasteiger partial charge in [0.05, 0.1) is 4.90 Å². The second-order valence-corrected chi connectivity index (χ2v) is 11.1. The van der Waals surface area contributed by atoms with E-state index in [1.54, 1.807) is 19.3 Å². The van der Waals surface area contributed by atoms with Crippen LogP contribution in [-0.2, 0) is 10.1 Å². The van der Waals surface area contributed by atoms with Crippen LogP contribution in [0.2, 0.25) is 0 Å². The third kappa shape index (κ3) is 6.72. The van der Waals surface area contributed by atoms with E-state index in [4.69, 9.17) is 0 Å². The summed E-state index contributed by atoms with van der Waals surface area (Å²) >= 11 is -0.0483. The predicted octanol–water partition coefficient (Wildman–Crippen LogP) is 1.95. The number of rotatable bonds is 3. The van der Waals surface area contributed by atoms with E-state index >= 15 is 0 Å². The molecule has 148 valence electrons. The zero-order valence-corrected chi connectivity index (χ0v) is 19.8. The van der Waals surface area contributed by atoms with E-state index < -0.39 is 10.1 Å². The summed E-state index contributed by atoms with van der Waals surface area (Å²) in [5.74, 6) is 0. The molecule has 0 atom stereocenters. The van der Waals surface area contributed by atoms with Crippen LogP contribution in [0.1, 0.15) is 27.8 Å². The smallest absolute Gasteiger partial charge is 0.358 e. The molecule has 3 rings (SSSR count). The van der Waals surface area contributed by atoms with E-state index in [2.05, 4.69) is 64.1 Å². The minimum Gasteiger partial charge on any atom is -0.744 e. The van der Waals surface area contributed by atoms with E-state index in [1.165, 1.54) is 34.4 Å². The average Bonchev–Trinajstić information content (AvgIpc) is 2.61. The largest absolute Gasteiger partial charge is 0.744 e. The molecule has 0 bridgehead atoms. The topological polar surface area (TPSA) is 57.2 Å². The normalized spacial score (nSPS) is 10.9. The summed E-state index contributed by atoms with van der Waals surface area (Å²) < 4.78 is 34.3. The molecule has 0 radical (unpaired) electrons. The molecule has 0 saturated heterocycles. The van der Waals surface area contributed by atoms with Crippen LogP contribution in [0.3, 0.4) is 0 Å². The molecule has 0 heterocycles. The lowest BCUT2D eigenvalue weighted by Crippen LogP contribution is -3.62. The molecular weight excluding hydrogens is 483 g/mol. The van der Waals surface area contributed by atoms with Gasteiger partial charge in [-0.3, -0.25) is 0 Å². The molecule has 0 aliphatic heterocycles. The predicted molar refractivity (Wildman–Crippen MR) is 108 cm³/mol. The van der Waals surface area contributed by atoms with Gasteiger partial charge in [0.2, 0.25) is 0 Å². The van der Waals surface area contributed by atoms with Gasteiger partial charge in [0.25, 0.3) is 0 Å². The Morgan fingerprint density at radius 2 is 1.04 bits per heavy atom. The summed E-state index contributed by atoms with van der Waals surface area (Å²) in [6.07, 6.45) is 0. The van der Waals surface area contributed by atoms with Crippen molar-refractivity contribution >= 4 is 10.1 Å². The van der Waals surface area contributed by atoms with Gasteiger partial charge in [-0.2, -0.15) is 0 Å². The summed E-state index contributed by atoms with van der Waals surface area (Å²) in [6.45, 7) is 10.6. The Morgan fingerprint density at radius 3 is 1.43 bits per heavy atom. The second kappa shape index (κ2) is 9.67. The highest BCUT2D eigenvalue weighted by molar-refractivity contribution is 7.85. The maximum atomic E-state index is 10.4. The van der Waals surface area contributed by atoms with E-state index in [1.807, 2.05) is 6.92 Å². The summed E-state index contributed by atoms with van der Waals surface area (Å²) in [7, 11) is -4.27. The van der Waals surface area contributed by atoms with Crippen molar-refractivity contribution in [2.24, 2.45) is 0 Å². The van der Waals surface area contributed by atoms with Gasteiger partial charge >= 0.3 is 21.2 Å². The molecule has 5 heteroatoms. The molecule has 3 aromatic carbocycles. The Morgan fingerprint density at radius 1 is 0.643 bits per heavy atom. The minimum absolute atomic E-state index is 0.0483. The number of aryl methyl sites for hydroxylation is 5. The molecular formula is C23H25IO3S. The van der Waals surface area contributed by atoms with Gasteiger partial charge in [0, 0.05) is 11.1 Å². The molecule has 0 N–H and O–H groups in total. The van der Waals surface area contributed by atoms with Crippen LogP contribution in [-0.4, -0.2) is 13.0 Å². The first-order valence-electron chi connectivity index (χ1n) is 8.88. The van der Waals surface area contributed by atoms with Crippen LogP contribution in [0.4, 0.5) is 0 Å². The fourth-order valence-electron chi connectivity index (χ4n) is 2.41. The summed E-state index contributed by atoms with van der Waals surface area (Å²) in [5.41, 5.74) is 6.54. The zero-order chi connectivity index (χ0) is 20.9. The fourth-order valence-corrected chi connectivity index (χ4v) is 6.01. The van der Waals surface area contributed by atoms with Gasteiger partial charge in [-0.05, 0) is 70.0 Å². The van der Waals surface area contributed by atoms with Gasteiger partial charge in [-0.1, -0.05) is 42.0 Å². The van der Waals surface area contributed by atoms with Crippen molar-refractivity contribution in [3.63, 3.8) is 0 Å². The SMILES string of the molecule is Cc1ccc(C)c([I+]c2cc(C)ccc2C)c1.Cc1ccc(S(=O)(=O)[O-])cc1. The number of hydrogen-bond acceptors (Lipinski definition) is 3. The second-order valence-electron chi connectivity index (χ2n) is 6.87. The highest BCUT2D eigenvalue weighted by atomic mass is 127. The molecule has 3 nitrogen and oxygen atoms in total. The lowest BCUT2D eigenvalue weighted by molar-refractivity contribution is -0.598. The Balaban J connectivity index is 0.000000221. The van der Waals surface area contributed by atoms with E-state index in [-0.39, 0.29) is 26.1 Å². The first-order valence-corrected chi connectivity index (χ1v) is 12.4. The minimum atomic E-state index is -4.27. The van der Waals surface area contributed by atoms with Gasteiger partial charge < -0.3 is 4.55 Å². The molecule has 0 spiro atoms. The van der Waals surface area contributed by atoms with Crippen molar-refractivity contribution in [2.75, 3.05) is 0 Å². The third-order valence-corrected chi connectivity index (χ3v) is 8.50. The quantitative estimate of drug-likeness (QED) is 0.402. The molecule has 0 aliphatic carbocycles. The van der Waals surface area contributed by atoms with Crippen molar-refractivity contribution in [2.45, 2.75) is 39.5 Å². The Labute approximate surface area is 178 Å². The lowest BCUT2D eigenvalue weighted by atomic mass is 10.2. The molecule has 0 aliphatic rings. The fraction of sp³-hybridized carbons (Fsp3) is 0.217. The molecule has 0 unspecified atom stereocenters.